The number of amides is 2. The molecule has 128 valence electrons. The molecule has 24 heavy (non-hydrogen) atoms. The van der Waals surface area contributed by atoms with E-state index in [1.807, 2.05) is 17.2 Å². The van der Waals surface area contributed by atoms with Crippen LogP contribution in [-0.2, 0) is 19.9 Å². The predicted octanol–water partition coefficient (Wildman–Crippen LogP) is 1.17. The van der Waals surface area contributed by atoms with Gasteiger partial charge < -0.3 is 14.5 Å². The number of rotatable bonds is 4. The molecule has 2 atom stereocenters. The van der Waals surface area contributed by atoms with Gasteiger partial charge in [-0.25, -0.2) is 0 Å². The summed E-state index contributed by atoms with van der Waals surface area (Å²) in [5.41, 5.74) is 0.984. The van der Waals surface area contributed by atoms with E-state index in [9.17, 15) is 9.59 Å². The number of likely N-dealkylation sites (tertiary alicyclic amines) is 2. The van der Waals surface area contributed by atoms with Gasteiger partial charge in [-0.15, -0.1) is 0 Å². The van der Waals surface area contributed by atoms with Crippen LogP contribution in [-0.4, -0.2) is 58.9 Å². The molecule has 1 aromatic rings. The lowest BCUT2D eigenvalue weighted by Crippen LogP contribution is -2.57. The number of aromatic nitrogens is 1. The molecule has 0 aromatic carbocycles. The molecule has 0 bridgehead atoms. The maximum Gasteiger partial charge on any atom is 0.249 e. The van der Waals surface area contributed by atoms with Gasteiger partial charge in [0, 0.05) is 39.0 Å². The average molecular weight is 329 g/mol. The minimum absolute atomic E-state index is 0.00742. The molecule has 3 heterocycles. The Balaban J connectivity index is 1.40. The molecular weight excluding hydrogens is 306 g/mol. The molecule has 6 heteroatoms. The number of nitrogens with zero attached hydrogens (tertiary/aromatic N) is 3. The van der Waals surface area contributed by atoms with Gasteiger partial charge in [0.1, 0.15) is 6.61 Å². The molecule has 2 aliphatic heterocycles. The molecule has 2 amide bonds. The smallest absolute Gasteiger partial charge is 0.249 e. The van der Waals surface area contributed by atoms with E-state index in [-0.39, 0.29) is 30.1 Å². The van der Waals surface area contributed by atoms with Crippen LogP contribution in [0.3, 0.4) is 0 Å². The number of fused-ring (bicyclic) bond motifs is 1. The summed E-state index contributed by atoms with van der Waals surface area (Å²) in [6.45, 7) is 3.65. The van der Waals surface area contributed by atoms with E-state index in [4.69, 9.17) is 4.74 Å². The van der Waals surface area contributed by atoms with Crippen molar-refractivity contribution in [1.29, 1.82) is 0 Å². The Bertz CT molecular complexity index is 644. The van der Waals surface area contributed by atoms with E-state index in [0.717, 1.165) is 24.9 Å². The normalized spacial score (nSPS) is 29.0. The van der Waals surface area contributed by atoms with Gasteiger partial charge in [0.15, 0.2) is 0 Å². The third-order valence-corrected chi connectivity index (χ3v) is 5.93. The highest BCUT2D eigenvalue weighted by Crippen LogP contribution is 2.56. The Kier molecular flexibility index (Phi) is 3.79. The summed E-state index contributed by atoms with van der Waals surface area (Å²) in [7, 11) is 0. The average Bonchev–Trinajstić information content (AvgIpc) is 2.77. The molecule has 3 fully saturated rings. The Hall–Kier alpha value is -1.95. The molecule has 0 radical (unpaired) electrons. The van der Waals surface area contributed by atoms with Crippen LogP contribution in [0.2, 0.25) is 0 Å². The highest BCUT2D eigenvalue weighted by molar-refractivity contribution is 5.79. The van der Waals surface area contributed by atoms with Crippen LogP contribution in [0.4, 0.5) is 0 Å². The van der Waals surface area contributed by atoms with E-state index < -0.39 is 0 Å². The van der Waals surface area contributed by atoms with Gasteiger partial charge in [-0.2, -0.15) is 0 Å². The van der Waals surface area contributed by atoms with Gasteiger partial charge >= 0.3 is 0 Å². The van der Waals surface area contributed by atoms with Crippen molar-refractivity contribution in [1.82, 2.24) is 14.8 Å². The fraction of sp³-hybridized carbons (Fsp3) is 0.611. The summed E-state index contributed by atoms with van der Waals surface area (Å²) in [4.78, 5) is 32.0. The van der Waals surface area contributed by atoms with Crippen molar-refractivity contribution >= 4 is 11.8 Å². The monoisotopic (exact) mass is 329 g/mol. The molecule has 1 aliphatic carbocycles. The highest BCUT2D eigenvalue weighted by Gasteiger charge is 2.57. The molecule has 1 saturated carbocycles. The number of pyridine rings is 1. The fourth-order valence-corrected chi connectivity index (χ4v) is 4.41. The predicted molar refractivity (Wildman–Crippen MR) is 87.0 cm³/mol. The minimum Gasteiger partial charge on any atom is -0.365 e. The fourth-order valence-electron chi connectivity index (χ4n) is 4.41. The summed E-state index contributed by atoms with van der Waals surface area (Å²) in [5, 5.41) is 0. The Morgan fingerprint density at radius 3 is 2.83 bits per heavy atom. The highest BCUT2D eigenvalue weighted by atomic mass is 16.5. The lowest BCUT2D eigenvalue weighted by Gasteiger charge is -2.50. The molecule has 0 unspecified atom stereocenters. The zero-order valence-corrected chi connectivity index (χ0v) is 14.0. The van der Waals surface area contributed by atoms with E-state index in [1.54, 1.807) is 18.0 Å². The summed E-state index contributed by atoms with van der Waals surface area (Å²) in [6, 6.07) is 4.03. The third kappa shape index (κ3) is 2.32. The minimum atomic E-state index is -0.167. The quantitative estimate of drug-likeness (QED) is 0.832. The van der Waals surface area contributed by atoms with Gasteiger partial charge in [-0.1, -0.05) is 6.07 Å². The first-order valence-electron chi connectivity index (χ1n) is 8.69. The Labute approximate surface area is 141 Å². The molecule has 3 aliphatic rings. The number of ether oxygens (including phenoxy) is 1. The number of hydrogen-bond acceptors (Lipinski definition) is 4. The van der Waals surface area contributed by atoms with E-state index in [2.05, 4.69) is 11.1 Å². The number of carbonyl (C=O) groups excluding carboxylic acids is 2. The van der Waals surface area contributed by atoms with Gasteiger partial charge in [0.2, 0.25) is 11.8 Å². The van der Waals surface area contributed by atoms with Crippen LogP contribution in [0.15, 0.2) is 24.5 Å². The molecule has 0 spiro atoms. The third-order valence-electron chi connectivity index (χ3n) is 5.93. The van der Waals surface area contributed by atoms with Crippen LogP contribution < -0.4 is 0 Å². The molecule has 2 saturated heterocycles. The second kappa shape index (κ2) is 5.84. The largest absolute Gasteiger partial charge is 0.365 e. The zero-order valence-electron chi connectivity index (χ0n) is 14.0. The molecule has 4 rings (SSSR count). The van der Waals surface area contributed by atoms with E-state index >= 15 is 0 Å². The molecule has 1 aromatic heterocycles. The summed E-state index contributed by atoms with van der Waals surface area (Å²) < 4.78 is 5.72. The SMILES string of the molecule is CC(=O)N1CC(OCC(=O)N2CC[C@@H]3CC[C@@]32c2cccnc2)C1. The number of carbonyl (C=O) groups is 2. The number of hydrogen-bond donors (Lipinski definition) is 0. The van der Waals surface area contributed by atoms with Crippen LogP contribution >= 0.6 is 0 Å². The first-order valence-corrected chi connectivity index (χ1v) is 8.69. The van der Waals surface area contributed by atoms with Crippen molar-refractivity contribution < 1.29 is 14.3 Å². The maximum atomic E-state index is 12.8. The molecular formula is C18H23N3O3. The molecule has 0 N–H and O–H groups in total. The second-order valence-electron chi connectivity index (χ2n) is 7.09. The van der Waals surface area contributed by atoms with E-state index in [1.165, 1.54) is 6.42 Å². The maximum absolute atomic E-state index is 12.8. The van der Waals surface area contributed by atoms with Crippen molar-refractivity contribution in [2.45, 2.75) is 37.8 Å². The van der Waals surface area contributed by atoms with Crippen molar-refractivity contribution in [2.75, 3.05) is 26.2 Å². The van der Waals surface area contributed by atoms with Gasteiger partial charge in [0.05, 0.1) is 11.6 Å². The van der Waals surface area contributed by atoms with Gasteiger partial charge in [0.25, 0.3) is 0 Å². The summed E-state index contributed by atoms with van der Waals surface area (Å²) in [6.07, 6.45) is 6.91. The Morgan fingerprint density at radius 2 is 2.21 bits per heavy atom. The van der Waals surface area contributed by atoms with Crippen LogP contribution in [0.25, 0.3) is 0 Å². The topological polar surface area (TPSA) is 62.7 Å². The van der Waals surface area contributed by atoms with Crippen molar-refractivity contribution in [3.05, 3.63) is 30.1 Å². The van der Waals surface area contributed by atoms with Gasteiger partial charge in [-0.3, -0.25) is 14.6 Å². The van der Waals surface area contributed by atoms with Crippen molar-refractivity contribution in [3.8, 4) is 0 Å². The molecule has 6 nitrogen and oxygen atoms in total. The van der Waals surface area contributed by atoms with Crippen molar-refractivity contribution in [3.63, 3.8) is 0 Å². The Morgan fingerprint density at radius 1 is 1.38 bits per heavy atom. The van der Waals surface area contributed by atoms with Crippen LogP contribution in [0.5, 0.6) is 0 Å². The zero-order chi connectivity index (χ0) is 16.7. The van der Waals surface area contributed by atoms with E-state index in [0.29, 0.717) is 19.0 Å². The van der Waals surface area contributed by atoms with Crippen LogP contribution in [0.1, 0.15) is 31.7 Å². The van der Waals surface area contributed by atoms with Gasteiger partial charge in [-0.05, 0) is 36.8 Å². The second-order valence-corrected chi connectivity index (χ2v) is 7.09. The first kappa shape index (κ1) is 15.6. The first-order chi connectivity index (χ1) is 11.6. The summed E-state index contributed by atoms with van der Waals surface area (Å²) in [5.74, 6) is 0.665. The standard InChI is InChI=1S/C18H23N3O3/c1-13(22)20-10-16(11-20)24-12-17(23)21-8-5-14-4-6-18(14,21)15-3-2-7-19-9-15/h2-3,7,9,14,16H,4-6,8,10-12H2,1H3/t14-,18-/m0/s1. The summed E-state index contributed by atoms with van der Waals surface area (Å²) >= 11 is 0. The van der Waals surface area contributed by atoms with Crippen LogP contribution in [0, 0.1) is 5.92 Å². The lowest BCUT2D eigenvalue weighted by molar-refractivity contribution is -0.155. The van der Waals surface area contributed by atoms with Crippen molar-refractivity contribution in [2.24, 2.45) is 5.92 Å². The lowest BCUT2D eigenvalue weighted by atomic mass is 9.64.